The molecule has 2 aromatic heterocycles. The molecule has 1 aliphatic rings. The molecule has 0 bridgehead atoms. The number of aromatic nitrogens is 2. The Bertz CT molecular complexity index is 1140. The Hall–Kier alpha value is -2.41. The van der Waals surface area contributed by atoms with Crippen LogP contribution in [0.5, 0.6) is 0 Å². The Labute approximate surface area is 194 Å². The normalized spacial score (nSPS) is 13.2. The second-order valence-electron chi connectivity index (χ2n) is 7.46. The molecule has 4 rings (SSSR count). The highest BCUT2D eigenvalue weighted by Gasteiger charge is 2.21. The van der Waals surface area contributed by atoms with E-state index in [1.165, 1.54) is 45.5 Å². The number of benzene rings is 1. The number of amides is 1. The number of hydrogen-bond donors (Lipinski definition) is 2. The highest BCUT2D eigenvalue weighted by atomic mass is 32.2. The minimum atomic E-state index is -0.128. The molecule has 1 aromatic carbocycles. The topological polar surface area (TPSA) is 90.7 Å². The van der Waals surface area contributed by atoms with Gasteiger partial charge in [-0.05, 0) is 62.3 Å². The van der Waals surface area contributed by atoms with E-state index in [1.54, 1.807) is 11.3 Å². The number of anilines is 3. The molecule has 0 radical (unpaired) electrons. The zero-order chi connectivity index (χ0) is 21.8. The van der Waals surface area contributed by atoms with Crippen molar-refractivity contribution < 1.29 is 4.79 Å². The smallest absolute Gasteiger partial charge is 0.235 e. The lowest BCUT2D eigenvalue weighted by molar-refractivity contribution is -0.113. The molecule has 1 amide bonds. The molecule has 3 aromatic rings. The van der Waals surface area contributed by atoms with Gasteiger partial charge in [-0.1, -0.05) is 41.7 Å². The summed E-state index contributed by atoms with van der Waals surface area (Å²) < 4.78 is 0.727. The van der Waals surface area contributed by atoms with Crippen LogP contribution in [0.2, 0.25) is 0 Å². The highest BCUT2D eigenvalue weighted by molar-refractivity contribution is 8.01. The van der Waals surface area contributed by atoms with Crippen LogP contribution >= 0.6 is 34.4 Å². The average Bonchev–Trinajstić information content (AvgIpc) is 3.26. The molecule has 0 saturated heterocycles. The number of aryl methyl sites for hydroxylation is 2. The van der Waals surface area contributed by atoms with Crippen LogP contribution in [0.1, 0.15) is 46.4 Å². The Morgan fingerprint density at radius 2 is 2.03 bits per heavy atom. The predicted octanol–water partition coefficient (Wildman–Crippen LogP) is 5.83. The number of fused-ring (bicyclic) bond motifs is 1. The van der Waals surface area contributed by atoms with Gasteiger partial charge in [-0.25, -0.2) is 0 Å². The van der Waals surface area contributed by atoms with Gasteiger partial charge < -0.3 is 10.6 Å². The first-order chi connectivity index (χ1) is 15.0. The molecule has 160 valence electrons. The summed E-state index contributed by atoms with van der Waals surface area (Å²) in [6.07, 6.45) is 5.39. The number of nitrogens with one attached hydrogen (secondary N) is 2. The van der Waals surface area contributed by atoms with Crippen molar-refractivity contribution in [3.63, 3.8) is 0 Å². The second-order valence-corrected chi connectivity index (χ2v) is 10.8. The van der Waals surface area contributed by atoms with E-state index in [4.69, 9.17) is 0 Å². The first-order valence-electron chi connectivity index (χ1n) is 10.2. The average molecular weight is 470 g/mol. The zero-order valence-corrected chi connectivity index (χ0v) is 19.9. The molecule has 0 spiro atoms. The Balaban J connectivity index is 1.36. The summed E-state index contributed by atoms with van der Waals surface area (Å²) in [6, 6.07) is 8.40. The fraction of sp³-hybridized carbons (Fsp3) is 0.364. The molecule has 9 heteroatoms. The highest BCUT2D eigenvalue weighted by Crippen LogP contribution is 2.37. The molecular weight excluding hydrogens is 446 g/mol. The lowest BCUT2D eigenvalue weighted by Crippen LogP contribution is -2.13. The maximum absolute atomic E-state index is 12.5. The first-order valence-corrected chi connectivity index (χ1v) is 12.8. The van der Waals surface area contributed by atoms with Gasteiger partial charge in [0.05, 0.1) is 11.3 Å². The third-order valence-electron chi connectivity index (χ3n) is 5.37. The van der Waals surface area contributed by atoms with E-state index >= 15 is 0 Å². The van der Waals surface area contributed by atoms with Gasteiger partial charge in [-0.15, -0.1) is 21.5 Å². The lowest BCUT2D eigenvalue weighted by atomic mass is 10.1. The van der Waals surface area contributed by atoms with E-state index in [-0.39, 0.29) is 11.7 Å². The van der Waals surface area contributed by atoms with Gasteiger partial charge in [0.15, 0.2) is 4.34 Å². The SMILES string of the molecule is Cc1cccc(Nc2nnc(SCC(=O)Nc3sc4c(c3C#N)CCCCC4)s2)c1C. The molecule has 6 nitrogen and oxygen atoms in total. The van der Waals surface area contributed by atoms with Crippen molar-refractivity contribution in [1.82, 2.24) is 10.2 Å². The van der Waals surface area contributed by atoms with Crippen LogP contribution in [0.25, 0.3) is 0 Å². The third-order valence-corrected chi connectivity index (χ3v) is 8.54. The van der Waals surface area contributed by atoms with Gasteiger partial charge in [0.25, 0.3) is 0 Å². The van der Waals surface area contributed by atoms with Gasteiger partial charge in [-0.2, -0.15) is 5.26 Å². The molecule has 0 aliphatic heterocycles. The molecule has 0 atom stereocenters. The van der Waals surface area contributed by atoms with Crippen molar-refractivity contribution in [2.45, 2.75) is 50.3 Å². The number of thiophene rings is 1. The molecule has 2 N–H and O–H groups in total. The standard InChI is InChI=1S/C22H23N5OS3/c1-13-7-6-9-17(14(13)2)24-21-26-27-22(31-21)29-12-19(28)25-20-16(11-23)15-8-4-3-5-10-18(15)30-20/h6-7,9H,3-5,8,10,12H2,1-2H3,(H,24,26)(H,25,28). The number of hydrogen-bond acceptors (Lipinski definition) is 8. The summed E-state index contributed by atoms with van der Waals surface area (Å²) >= 11 is 4.33. The fourth-order valence-electron chi connectivity index (χ4n) is 3.56. The summed E-state index contributed by atoms with van der Waals surface area (Å²) in [5.41, 5.74) is 5.18. The van der Waals surface area contributed by atoms with E-state index < -0.39 is 0 Å². The Morgan fingerprint density at radius 3 is 2.87 bits per heavy atom. The van der Waals surface area contributed by atoms with Crippen LogP contribution < -0.4 is 10.6 Å². The van der Waals surface area contributed by atoms with Crippen molar-refractivity contribution in [3.8, 4) is 6.07 Å². The van der Waals surface area contributed by atoms with Crippen molar-refractivity contribution in [1.29, 1.82) is 5.26 Å². The zero-order valence-electron chi connectivity index (χ0n) is 17.4. The maximum atomic E-state index is 12.5. The van der Waals surface area contributed by atoms with Crippen LogP contribution in [0, 0.1) is 25.2 Å². The van der Waals surface area contributed by atoms with Gasteiger partial charge in [0.2, 0.25) is 11.0 Å². The van der Waals surface area contributed by atoms with Gasteiger partial charge in [0.1, 0.15) is 11.1 Å². The van der Waals surface area contributed by atoms with Crippen LogP contribution in [-0.4, -0.2) is 21.9 Å². The van der Waals surface area contributed by atoms with Crippen molar-refractivity contribution in [3.05, 3.63) is 45.3 Å². The molecule has 0 unspecified atom stereocenters. The summed E-state index contributed by atoms with van der Waals surface area (Å²) in [5, 5.41) is 25.6. The number of thioether (sulfide) groups is 1. The van der Waals surface area contributed by atoms with Crippen LogP contribution in [0.4, 0.5) is 15.8 Å². The van der Waals surface area contributed by atoms with E-state index in [9.17, 15) is 10.1 Å². The molecule has 0 saturated carbocycles. The predicted molar refractivity (Wildman–Crippen MR) is 129 cm³/mol. The van der Waals surface area contributed by atoms with Gasteiger partial charge >= 0.3 is 0 Å². The van der Waals surface area contributed by atoms with E-state index in [0.717, 1.165) is 41.3 Å². The van der Waals surface area contributed by atoms with Crippen molar-refractivity contribution >= 4 is 56.2 Å². The Kier molecular flexibility index (Phi) is 6.90. The van der Waals surface area contributed by atoms with E-state index in [1.807, 2.05) is 12.1 Å². The Morgan fingerprint density at radius 1 is 1.19 bits per heavy atom. The number of nitriles is 1. The number of carbonyl (C=O) groups excluding carboxylic acids is 1. The summed E-state index contributed by atoms with van der Waals surface area (Å²) in [6.45, 7) is 4.14. The van der Waals surface area contributed by atoms with Crippen molar-refractivity contribution in [2.24, 2.45) is 0 Å². The van der Waals surface area contributed by atoms with Gasteiger partial charge in [-0.3, -0.25) is 4.79 Å². The van der Waals surface area contributed by atoms with Crippen LogP contribution in [0.3, 0.4) is 0 Å². The van der Waals surface area contributed by atoms with E-state index in [0.29, 0.717) is 15.7 Å². The molecule has 31 heavy (non-hydrogen) atoms. The first kappa shape index (κ1) is 21.8. The number of rotatable bonds is 6. The minimum absolute atomic E-state index is 0.128. The van der Waals surface area contributed by atoms with E-state index in [2.05, 4.69) is 46.8 Å². The van der Waals surface area contributed by atoms with Crippen LogP contribution in [-0.2, 0) is 17.6 Å². The maximum Gasteiger partial charge on any atom is 0.235 e. The summed E-state index contributed by atoms with van der Waals surface area (Å²) in [4.78, 5) is 13.8. The molecular formula is C22H23N5OS3. The fourth-order valence-corrected chi connectivity index (χ4v) is 6.38. The number of carbonyl (C=O) groups is 1. The van der Waals surface area contributed by atoms with Crippen molar-refractivity contribution in [2.75, 3.05) is 16.4 Å². The number of nitrogens with zero attached hydrogens (tertiary/aromatic N) is 3. The minimum Gasteiger partial charge on any atom is -0.330 e. The molecule has 0 fully saturated rings. The third kappa shape index (κ3) is 5.09. The lowest BCUT2D eigenvalue weighted by Gasteiger charge is -2.08. The quantitative estimate of drug-likeness (QED) is 0.349. The second kappa shape index (κ2) is 9.81. The molecule has 2 heterocycles. The largest absolute Gasteiger partial charge is 0.330 e. The summed E-state index contributed by atoms with van der Waals surface area (Å²) in [5.74, 6) is 0.100. The van der Waals surface area contributed by atoms with Gasteiger partial charge in [0, 0.05) is 10.6 Å². The molecule has 1 aliphatic carbocycles. The van der Waals surface area contributed by atoms with Crippen LogP contribution in [0.15, 0.2) is 22.5 Å². The monoisotopic (exact) mass is 469 g/mol. The summed E-state index contributed by atoms with van der Waals surface area (Å²) in [7, 11) is 0.